The first-order valence-corrected chi connectivity index (χ1v) is 24.3. The van der Waals surface area contributed by atoms with Crippen molar-refractivity contribution in [2.45, 2.75) is 126 Å². The van der Waals surface area contributed by atoms with E-state index in [1.807, 2.05) is 0 Å². The molecule has 1 saturated heterocycles. The minimum Gasteiger partial charge on any atom is -0.508 e. The number of nitrogens with one attached hydrogen (secondary N) is 8. The summed E-state index contributed by atoms with van der Waals surface area (Å²) in [6.07, 6.45) is 5.32. The molecular formula is C49H69N13O10. The smallest absolute Gasteiger partial charge is 0.326 e. The molecule has 2 heterocycles. The number of phenolic OH excluding ortho intramolecular Hbond substituents is 1. The number of guanidine groups is 1. The first kappa shape index (κ1) is 55.4. The fraction of sp³-hybridized carbons (Fsp3) is 0.510. The molecule has 2 fully saturated rings. The maximum atomic E-state index is 14.8. The van der Waals surface area contributed by atoms with Crippen LogP contribution in [-0.2, 0) is 57.6 Å². The highest BCUT2D eigenvalue weighted by atomic mass is 16.4. The van der Waals surface area contributed by atoms with Crippen LogP contribution < -0.4 is 48.7 Å². The number of aliphatic carboxylic acids is 1. The van der Waals surface area contributed by atoms with E-state index in [2.05, 4.69) is 52.2 Å². The third kappa shape index (κ3) is 16.0. The van der Waals surface area contributed by atoms with Gasteiger partial charge in [0, 0.05) is 44.2 Å². The van der Waals surface area contributed by atoms with Crippen LogP contribution in [0.15, 0.2) is 72.1 Å². The quantitative estimate of drug-likeness (QED) is 0.0261. The number of carboxylic acids is 1. The largest absolute Gasteiger partial charge is 0.508 e. The zero-order chi connectivity index (χ0) is 52.4. The molecule has 23 heteroatoms. The summed E-state index contributed by atoms with van der Waals surface area (Å²) in [5.74, 6) is -6.44. The predicted molar refractivity (Wildman–Crippen MR) is 264 cm³/mol. The van der Waals surface area contributed by atoms with Gasteiger partial charge in [0.05, 0.1) is 12.9 Å². The lowest BCUT2D eigenvalue weighted by Crippen LogP contribution is -2.65. The summed E-state index contributed by atoms with van der Waals surface area (Å²) >= 11 is 0. The standard InChI is InChI=1S/C49H69N13O10/c1-29(2)40(60-41(65)34(56-39(64)27-52-3)13-9-21-54-48(50)51)44(68)57-35(23-31-15-17-33(63)18-16-31)42(66)61-49(19-7-8-20-49)47(72)59-36(25-32-26-53-28-55-32)45(69)62-22-10-14-38(62)43(67)58-37(46(70)71)24-30-11-5-4-6-12-30/h4-6,11-12,15-18,26,28-29,34-38,40,52,63H,7-10,13-14,19-25,27H2,1-3H3,(H,53,55)(H,56,64)(H,57,68)(H,58,67)(H,59,72)(H,60,65)(H,61,66)(H,70,71)(H4,50,51,54)/t34-,35-,36-,37-,38-,40-/m0/s1. The van der Waals surface area contributed by atoms with Crippen molar-refractivity contribution in [2.75, 3.05) is 26.7 Å². The molecule has 1 aliphatic heterocycles. The summed E-state index contributed by atoms with van der Waals surface area (Å²) in [6, 6.07) is 7.64. The van der Waals surface area contributed by atoms with Gasteiger partial charge in [-0.05, 0) is 74.8 Å². The van der Waals surface area contributed by atoms with Crippen LogP contribution in [0.25, 0.3) is 0 Å². The number of aromatic amines is 1. The molecule has 1 aliphatic carbocycles. The van der Waals surface area contributed by atoms with Crippen LogP contribution in [-0.4, -0.2) is 147 Å². The second-order valence-corrected chi connectivity index (χ2v) is 18.6. The number of benzene rings is 2. The Hall–Kier alpha value is -7.56. The third-order valence-electron chi connectivity index (χ3n) is 12.8. The Morgan fingerprint density at radius 3 is 2.11 bits per heavy atom. The number of aromatic hydroxyl groups is 1. The number of amides is 7. The first-order chi connectivity index (χ1) is 34.4. The summed E-state index contributed by atoms with van der Waals surface area (Å²) in [4.78, 5) is 123. The molecule has 23 nitrogen and oxygen atoms in total. The van der Waals surface area contributed by atoms with Gasteiger partial charge in [-0.15, -0.1) is 0 Å². The average molecular weight is 1000 g/mol. The molecule has 2 aliphatic rings. The van der Waals surface area contributed by atoms with Crippen LogP contribution in [0.3, 0.4) is 0 Å². The Bertz CT molecular complexity index is 2350. The molecule has 390 valence electrons. The third-order valence-corrected chi connectivity index (χ3v) is 12.8. The number of rotatable bonds is 26. The summed E-state index contributed by atoms with van der Waals surface area (Å²) in [5, 5.41) is 39.4. The van der Waals surface area contributed by atoms with E-state index in [-0.39, 0.29) is 76.3 Å². The zero-order valence-electron chi connectivity index (χ0n) is 40.9. The summed E-state index contributed by atoms with van der Waals surface area (Å²) in [5.41, 5.74) is 11.1. The lowest BCUT2D eigenvalue weighted by molar-refractivity contribution is -0.145. The molecule has 7 amide bonds. The average Bonchev–Trinajstić information content (AvgIpc) is 4.16. The number of nitrogens with zero attached hydrogens (tertiary/aromatic N) is 3. The number of aromatic nitrogens is 2. The molecule has 2 aromatic carbocycles. The molecule has 1 saturated carbocycles. The van der Waals surface area contributed by atoms with Crippen molar-refractivity contribution in [3.05, 3.63) is 83.9 Å². The number of carbonyl (C=O) groups is 8. The molecule has 3 aromatic rings. The van der Waals surface area contributed by atoms with E-state index >= 15 is 0 Å². The minimum absolute atomic E-state index is 0.0195. The minimum atomic E-state index is -1.56. The normalized spacial score (nSPS) is 17.1. The monoisotopic (exact) mass is 1000 g/mol. The Balaban J connectivity index is 1.36. The zero-order valence-corrected chi connectivity index (χ0v) is 40.9. The number of H-pyrrole nitrogens is 1. The maximum absolute atomic E-state index is 14.8. The van der Waals surface area contributed by atoms with Crippen LogP contribution in [0, 0.1) is 5.92 Å². The van der Waals surface area contributed by atoms with Crippen molar-refractivity contribution in [3.63, 3.8) is 0 Å². The number of carbonyl (C=O) groups excluding carboxylic acids is 7. The van der Waals surface area contributed by atoms with Crippen LogP contribution in [0.5, 0.6) is 5.75 Å². The highest BCUT2D eigenvalue weighted by Crippen LogP contribution is 2.31. The van der Waals surface area contributed by atoms with Gasteiger partial charge < -0.3 is 68.8 Å². The van der Waals surface area contributed by atoms with E-state index in [4.69, 9.17) is 11.5 Å². The fourth-order valence-corrected chi connectivity index (χ4v) is 8.95. The lowest BCUT2D eigenvalue weighted by atomic mass is 9.93. The topological polar surface area (TPSA) is 358 Å². The molecule has 0 spiro atoms. The van der Waals surface area contributed by atoms with Crippen molar-refractivity contribution < 1.29 is 48.6 Å². The van der Waals surface area contributed by atoms with E-state index in [1.54, 1.807) is 63.4 Å². The fourth-order valence-electron chi connectivity index (χ4n) is 8.95. The number of aliphatic imine (C=N–C) groups is 1. The Kier molecular flexibility index (Phi) is 20.5. The number of hydrogen-bond donors (Lipinski definition) is 12. The molecule has 0 radical (unpaired) electrons. The van der Waals surface area contributed by atoms with E-state index in [9.17, 15) is 48.6 Å². The molecule has 14 N–H and O–H groups in total. The molecular weight excluding hydrogens is 931 g/mol. The van der Waals surface area contributed by atoms with Gasteiger partial charge in [0.1, 0.15) is 47.5 Å². The van der Waals surface area contributed by atoms with Crippen LogP contribution >= 0.6 is 0 Å². The van der Waals surface area contributed by atoms with Gasteiger partial charge in [-0.1, -0.05) is 69.2 Å². The Morgan fingerprint density at radius 2 is 1.49 bits per heavy atom. The summed E-state index contributed by atoms with van der Waals surface area (Å²) in [7, 11) is 1.57. The van der Waals surface area contributed by atoms with Crippen molar-refractivity contribution in [3.8, 4) is 5.75 Å². The van der Waals surface area contributed by atoms with Gasteiger partial charge in [-0.3, -0.25) is 38.6 Å². The first-order valence-electron chi connectivity index (χ1n) is 24.3. The predicted octanol–water partition coefficient (Wildman–Crippen LogP) is -0.999. The number of likely N-dealkylation sites (N-methyl/N-ethyl adjacent to an activating group) is 1. The number of carboxylic acid groups (broad SMARTS) is 1. The van der Waals surface area contributed by atoms with Gasteiger partial charge in [0.25, 0.3) is 0 Å². The Morgan fingerprint density at radius 1 is 0.806 bits per heavy atom. The number of hydrogen-bond acceptors (Lipinski definition) is 12. The number of likely N-dealkylation sites (tertiary alicyclic amines) is 1. The van der Waals surface area contributed by atoms with Gasteiger partial charge in [0.15, 0.2) is 5.96 Å². The van der Waals surface area contributed by atoms with Gasteiger partial charge in [-0.2, -0.15) is 0 Å². The van der Waals surface area contributed by atoms with E-state index in [0.29, 0.717) is 42.5 Å². The lowest BCUT2D eigenvalue weighted by Gasteiger charge is -2.34. The van der Waals surface area contributed by atoms with Gasteiger partial charge in [-0.25, -0.2) is 9.78 Å². The van der Waals surface area contributed by atoms with Gasteiger partial charge >= 0.3 is 5.97 Å². The van der Waals surface area contributed by atoms with Crippen LogP contribution in [0.2, 0.25) is 0 Å². The molecule has 5 rings (SSSR count). The van der Waals surface area contributed by atoms with Gasteiger partial charge in [0.2, 0.25) is 41.4 Å². The summed E-state index contributed by atoms with van der Waals surface area (Å²) in [6.45, 7) is 3.65. The second-order valence-electron chi connectivity index (χ2n) is 18.6. The molecule has 0 unspecified atom stereocenters. The highest BCUT2D eigenvalue weighted by Gasteiger charge is 2.47. The number of phenols is 1. The second kappa shape index (κ2) is 26.6. The van der Waals surface area contributed by atoms with E-state index in [0.717, 1.165) is 0 Å². The van der Waals surface area contributed by atoms with Crippen molar-refractivity contribution in [2.24, 2.45) is 22.4 Å². The van der Waals surface area contributed by atoms with Crippen molar-refractivity contribution in [1.82, 2.24) is 52.1 Å². The Labute approximate surface area is 417 Å². The van der Waals surface area contributed by atoms with E-state index < -0.39 is 95.0 Å². The molecule has 72 heavy (non-hydrogen) atoms. The number of imidazole rings is 1. The van der Waals surface area contributed by atoms with Crippen molar-refractivity contribution >= 4 is 53.3 Å². The maximum Gasteiger partial charge on any atom is 0.326 e. The summed E-state index contributed by atoms with van der Waals surface area (Å²) < 4.78 is 0. The van der Waals surface area contributed by atoms with Crippen LogP contribution in [0.1, 0.15) is 82.0 Å². The molecule has 0 bridgehead atoms. The number of nitrogens with two attached hydrogens (primary N) is 2. The van der Waals surface area contributed by atoms with Crippen LogP contribution in [0.4, 0.5) is 0 Å². The highest BCUT2D eigenvalue weighted by molar-refractivity contribution is 5.99. The van der Waals surface area contributed by atoms with Crippen molar-refractivity contribution in [1.29, 1.82) is 0 Å². The SMILES string of the molecule is CNCC(=O)N[C@@H](CCCN=C(N)N)C(=O)N[C@H](C(=O)N[C@@H](Cc1ccc(O)cc1)C(=O)NC1(C(=O)N[C@@H](Cc2cnc[nH]2)C(=O)N2CCC[C@H]2C(=O)N[C@@H](Cc2ccccc2)C(=O)O)CCCC1)C(C)C. The molecule has 6 atom stereocenters. The molecule has 1 aromatic heterocycles. The van der Waals surface area contributed by atoms with E-state index in [1.165, 1.54) is 29.6 Å².